The minimum Gasteiger partial charge on any atom is -0.287 e. The van der Waals surface area contributed by atoms with E-state index in [4.69, 9.17) is 0 Å². The Hall–Kier alpha value is -2.30. The summed E-state index contributed by atoms with van der Waals surface area (Å²) in [6.07, 6.45) is 4.18. The summed E-state index contributed by atoms with van der Waals surface area (Å²) in [6.45, 7) is 2.16. The van der Waals surface area contributed by atoms with E-state index in [0.29, 0.717) is 42.4 Å². The average molecular weight is 759 g/mol. The van der Waals surface area contributed by atoms with Crippen LogP contribution in [0.3, 0.4) is 0 Å². The molecule has 0 atom stereocenters. The van der Waals surface area contributed by atoms with Gasteiger partial charge in [-0.2, -0.15) is 74.6 Å². The van der Waals surface area contributed by atoms with Crippen LogP contribution in [-0.4, -0.2) is 53.4 Å². The van der Waals surface area contributed by atoms with Gasteiger partial charge in [0.05, 0.1) is 0 Å². The van der Waals surface area contributed by atoms with Gasteiger partial charge in [0.25, 0.3) is 0 Å². The second-order valence-corrected chi connectivity index (χ2v) is 13.4. The molecule has 0 saturated heterocycles. The van der Waals surface area contributed by atoms with Crippen molar-refractivity contribution in [2.45, 2.75) is 138 Å². The average Bonchev–Trinajstić information content (AvgIpc) is 3.03. The van der Waals surface area contributed by atoms with Gasteiger partial charge in [0.1, 0.15) is 0 Å². The van der Waals surface area contributed by atoms with Crippen molar-refractivity contribution in [3.05, 3.63) is 35.4 Å². The van der Waals surface area contributed by atoms with Crippen LogP contribution in [0.25, 0.3) is 0 Å². The van der Waals surface area contributed by atoms with Crippen LogP contribution in [0.15, 0.2) is 24.3 Å². The third kappa shape index (κ3) is 7.19. The Kier molecular flexibility index (Phi) is 12.0. The van der Waals surface area contributed by atoms with Crippen LogP contribution in [-0.2, 0) is 0 Å². The number of rotatable bonds is 14. The molecule has 0 unspecified atom stereocenters. The van der Waals surface area contributed by atoms with Crippen LogP contribution >= 0.6 is 0 Å². The number of halogens is 17. The van der Waals surface area contributed by atoms with Crippen LogP contribution in [0, 0.1) is 17.8 Å². The van der Waals surface area contributed by atoms with E-state index in [1.165, 1.54) is 32.1 Å². The molecule has 1 aromatic rings. The van der Waals surface area contributed by atoms with Crippen molar-refractivity contribution < 1.29 is 79.4 Å². The molecule has 3 rings (SSSR count). The van der Waals surface area contributed by atoms with Crippen molar-refractivity contribution in [3.8, 4) is 0 Å². The van der Waals surface area contributed by atoms with E-state index in [0.717, 1.165) is 50.2 Å². The van der Waals surface area contributed by atoms with Crippen molar-refractivity contribution in [1.82, 2.24) is 0 Å². The standard InChI is InChI=1S/C32H35F17O/c1-2-3-18-4-6-19(7-5-18)8-9-20-10-12-21(13-11-20)22-14-16-23(17-15-22)24(50)25(33,34)26(35,36)27(37,38)28(39,40)29(41,42)30(43,44)31(45,46)32(47,48)49/h14-21H,2-13H2,1H3/t18-,19-,20-,21-. The van der Waals surface area contributed by atoms with Gasteiger partial charge in [-0.15, -0.1) is 0 Å². The molecule has 0 aliphatic heterocycles. The first-order chi connectivity index (χ1) is 22.6. The Balaban J connectivity index is 1.70. The highest BCUT2D eigenvalue weighted by atomic mass is 19.4. The van der Waals surface area contributed by atoms with E-state index in [2.05, 4.69) is 6.92 Å². The summed E-state index contributed by atoms with van der Waals surface area (Å²) >= 11 is 0. The minimum absolute atomic E-state index is 0.205. The highest BCUT2D eigenvalue weighted by Crippen LogP contribution is 2.64. The first-order valence-electron chi connectivity index (χ1n) is 16.0. The molecule has 2 saturated carbocycles. The molecule has 0 heterocycles. The monoisotopic (exact) mass is 758 g/mol. The predicted octanol–water partition coefficient (Wildman–Crippen LogP) is 12.5. The van der Waals surface area contributed by atoms with E-state index in [9.17, 15) is 79.4 Å². The lowest BCUT2D eigenvalue weighted by atomic mass is 9.74. The van der Waals surface area contributed by atoms with Gasteiger partial charge < -0.3 is 0 Å². The van der Waals surface area contributed by atoms with E-state index < -0.39 is 59.0 Å². The minimum atomic E-state index is -8.74. The molecule has 2 fully saturated rings. The van der Waals surface area contributed by atoms with Gasteiger partial charge >= 0.3 is 47.6 Å². The fourth-order valence-electron chi connectivity index (χ4n) is 6.87. The topological polar surface area (TPSA) is 17.1 Å². The summed E-state index contributed by atoms with van der Waals surface area (Å²) in [6, 6.07) is 2.79. The summed E-state index contributed by atoms with van der Waals surface area (Å²) in [7, 11) is 0. The maximum Gasteiger partial charge on any atom is 0.460 e. The summed E-state index contributed by atoms with van der Waals surface area (Å²) in [5.74, 6) is -59.7. The molecule has 1 aromatic carbocycles. The first kappa shape index (κ1) is 42.1. The van der Waals surface area contributed by atoms with Crippen LogP contribution < -0.4 is 0 Å². The molecular weight excluding hydrogens is 723 g/mol. The quantitative estimate of drug-likeness (QED) is 0.136. The number of benzene rings is 1. The molecular formula is C32H35F17O. The van der Waals surface area contributed by atoms with Gasteiger partial charge in [-0.25, -0.2) is 0 Å². The number of carbonyl (C=O) groups excluding carboxylic acids is 1. The number of hydrogen-bond donors (Lipinski definition) is 0. The fourth-order valence-corrected chi connectivity index (χ4v) is 6.87. The highest BCUT2D eigenvalue weighted by Gasteiger charge is 2.95. The number of Topliss-reactive ketones (excluding diaryl/α,β-unsaturated/α-hetero) is 1. The van der Waals surface area contributed by atoms with Crippen molar-refractivity contribution in [2.24, 2.45) is 17.8 Å². The largest absolute Gasteiger partial charge is 0.460 e. The third-order valence-electron chi connectivity index (χ3n) is 10.1. The van der Waals surface area contributed by atoms with Gasteiger partial charge in [-0.3, -0.25) is 4.79 Å². The van der Waals surface area contributed by atoms with E-state index in [-0.39, 0.29) is 5.92 Å². The van der Waals surface area contributed by atoms with Crippen molar-refractivity contribution in [1.29, 1.82) is 0 Å². The summed E-state index contributed by atoms with van der Waals surface area (Å²) in [5.41, 5.74) is -1.14. The molecule has 50 heavy (non-hydrogen) atoms. The van der Waals surface area contributed by atoms with Gasteiger partial charge in [0, 0.05) is 5.56 Å². The first-order valence-corrected chi connectivity index (χ1v) is 16.0. The molecule has 0 amide bonds. The number of hydrogen-bond acceptors (Lipinski definition) is 1. The maximum atomic E-state index is 14.5. The van der Waals surface area contributed by atoms with Crippen LogP contribution in [0.4, 0.5) is 74.6 Å². The molecule has 1 nitrogen and oxygen atoms in total. The maximum absolute atomic E-state index is 14.5. The second kappa shape index (κ2) is 14.3. The Morgan fingerprint density at radius 2 is 0.840 bits per heavy atom. The molecule has 2 aliphatic rings. The Morgan fingerprint density at radius 3 is 1.22 bits per heavy atom. The summed E-state index contributed by atoms with van der Waals surface area (Å²) in [4.78, 5) is 12.2. The van der Waals surface area contributed by atoms with Crippen molar-refractivity contribution in [2.75, 3.05) is 0 Å². The smallest absolute Gasteiger partial charge is 0.287 e. The van der Waals surface area contributed by atoms with Crippen LogP contribution in [0.2, 0.25) is 0 Å². The highest BCUT2D eigenvalue weighted by molar-refractivity contribution is 6.02. The molecule has 0 aromatic heterocycles. The molecule has 18 heteroatoms. The van der Waals surface area contributed by atoms with E-state index in [1.54, 1.807) is 0 Å². The lowest BCUT2D eigenvalue weighted by Crippen LogP contribution is -2.75. The van der Waals surface area contributed by atoms with Crippen molar-refractivity contribution >= 4 is 5.78 Å². The zero-order valence-electron chi connectivity index (χ0n) is 26.4. The van der Waals surface area contributed by atoms with E-state index in [1.807, 2.05) is 0 Å². The Morgan fingerprint density at radius 1 is 0.500 bits per heavy atom. The van der Waals surface area contributed by atoms with E-state index >= 15 is 0 Å². The molecule has 2 aliphatic carbocycles. The van der Waals surface area contributed by atoms with Gasteiger partial charge in [0.2, 0.25) is 5.78 Å². The summed E-state index contributed by atoms with van der Waals surface area (Å²) in [5, 5.41) is 0. The fraction of sp³-hybridized carbons (Fsp3) is 0.781. The second-order valence-electron chi connectivity index (χ2n) is 13.4. The Labute approximate surface area is 276 Å². The predicted molar refractivity (Wildman–Crippen MR) is 146 cm³/mol. The lowest BCUT2D eigenvalue weighted by Gasteiger charge is -2.42. The number of alkyl halides is 17. The number of carbonyl (C=O) groups is 1. The van der Waals surface area contributed by atoms with Crippen LogP contribution in [0.1, 0.15) is 106 Å². The van der Waals surface area contributed by atoms with Gasteiger partial charge in [-0.1, -0.05) is 82.6 Å². The summed E-state index contributed by atoms with van der Waals surface area (Å²) < 4.78 is 231. The molecule has 288 valence electrons. The molecule has 0 N–H and O–H groups in total. The van der Waals surface area contributed by atoms with Gasteiger partial charge in [-0.05, 0) is 54.9 Å². The SMILES string of the molecule is CCC[C@H]1CC[C@H](CC[C@H]2CC[C@H](c3ccc(C(=O)C(F)(F)C(F)(F)C(F)(F)C(F)(F)C(F)(F)C(F)(F)C(F)(F)C(F)(F)F)cc3)CC2)CC1. The zero-order valence-corrected chi connectivity index (χ0v) is 26.4. The zero-order chi connectivity index (χ0) is 38.4. The molecule has 0 bridgehead atoms. The number of ketones is 1. The van der Waals surface area contributed by atoms with Crippen molar-refractivity contribution in [3.63, 3.8) is 0 Å². The third-order valence-corrected chi connectivity index (χ3v) is 10.1. The van der Waals surface area contributed by atoms with Crippen LogP contribution in [0.5, 0.6) is 0 Å². The van der Waals surface area contributed by atoms with Gasteiger partial charge in [0.15, 0.2) is 0 Å². The molecule has 0 spiro atoms. The molecule has 0 radical (unpaired) electrons. The normalized spacial score (nSPS) is 24.0. The Bertz CT molecular complexity index is 1290. The lowest BCUT2D eigenvalue weighted by molar-refractivity contribution is -0.459.